The van der Waals surface area contributed by atoms with E-state index in [9.17, 15) is 0 Å². The Bertz CT molecular complexity index is 452. The van der Waals surface area contributed by atoms with Crippen LogP contribution in [-0.2, 0) is 12.1 Å². The van der Waals surface area contributed by atoms with Gasteiger partial charge in [-0.05, 0) is 35.3 Å². The highest BCUT2D eigenvalue weighted by Crippen LogP contribution is 2.15. The van der Waals surface area contributed by atoms with Crippen molar-refractivity contribution >= 4 is 34.8 Å². The molecule has 2 rings (SSSR count). The fourth-order valence-electron chi connectivity index (χ4n) is 1.65. The van der Waals surface area contributed by atoms with Gasteiger partial charge in [0.1, 0.15) is 0 Å². The van der Waals surface area contributed by atoms with Gasteiger partial charge in [0.25, 0.3) is 0 Å². The third kappa shape index (κ3) is 3.66. The predicted octanol–water partition coefficient (Wildman–Crippen LogP) is 3.67. The molecule has 2 aromatic rings. The lowest BCUT2D eigenvalue weighted by Crippen LogP contribution is -2.03. The molecular formula is C14H14S2Si. The van der Waals surface area contributed by atoms with E-state index in [1.807, 2.05) is 12.1 Å². The third-order valence-electron chi connectivity index (χ3n) is 2.61. The van der Waals surface area contributed by atoms with Crippen LogP contribution in [-0.4, -0.2) is 9.52 Å². The second-order valence-electron chi connectivity index (χ2n) is 3.86. The van der Waals surface area contributed by atoms with Crippen LogP contribution in [0.5, 0.6) is 0 Å². The fourth-order valence-corrected chi connectivity index (χ4v) is 3.71. The number of rotatable bonds is 4. The molecule has 3 heteroatoms. The van der Waals surface area contributed by atoms with Gasteiger partial charge < -0.3 is 0 Å². The normalized spacial score (nSPS) is 10.5. The average Bonchev–Trinajstić information content (AvgIpc) is 2.34. The molecule has 2 aromatic carbocycles. The molecule has 0 atom stereocenters. The molecule has 0 aliphatic carbocycles. The predicted molar refractivity (Wildman–Crippen MR) is 80.6 cm³/mol. The summed E-state index contributed by atoms with van der Waals surface area (Å²) in [6.45, 7) is 0. The molecule has 0 aliphatic rings. The summed E-state index contributed by atoms with van der Waals surface area (Å²) in [4.78, 5) is 2.19. The van der Waals surface area contributed by atoms with Gasteiger partial charge in [-0.15, -0.1) is 25.3 Å². The van der Waals surface area contributed by atoms with Crippen LogP contribution in [0.25, 0.3) is 0 Å². The molecule has 0 fully saturated rings. The Morgan fingerprint density at radius 2 is 1.12 bits per heavy atom. The monoisotopic (exact) mass is 274 g/mol. The molecule has 0 bridgehead atoms. The van der Waals surface area contributed by atoms with E-state index in [2.05, 4.69) is 61.7 Å². The van der Waals surface area contributed by atoms with Gasteiger partial charge in [0.15, 0.2) is 0 Å². The number of hydrogen-bond donors (Lipinski definition) is 2. The molecule has 86 valence electrons. The zero-order valence-electron chi connectivity index (χ0n) is 9.43. The topological polar surface area (TPSA) is 0 Å². The standard InChI is InChI=1S/C14H14S2Si/c15-13-7-3-1-5-11(13)9-17-10-12-6-2-4-8-14(12)16/h1-8,15-16H,9-10H2. The van der Waals surface area contributed by atoms with Crippen molar-refractivity contribution < 1.29 is 0 Å². The Labute approximate surface area is 116 Å². The largest absolute Gasteiger partial charge is 0.143 e. The van der Waals surface area contributed by atoms with Crippen LogP contribution in [0, 0.1) is 0 Å². The van der Waals surface area contributed by atoms with Gasteiger partial charge >= 0.3 is 0 Å². The summed E-state index contributed by atoms with van der Waals surface area (Å²) in [5, 5.41) is 0. The first-order valence-corrected chi connectivity index (χ1v) is 7.82. The lowest BCUT2D eigenvalue weighted by molar-refractivity contribution is 1.20. The van der Waals surface area contributed by atoms with Gasteiger partial charge in [0.2, 0.25) is 0 Å². The highest BCUT2D eigenvalue weighted by atomic mass is 32.1. The second-order valence-corrected chi connectivity index (χ2v) is 6.03. The second kappa shape index (κ2) is 6.33. The van der Waals surface area contributed by atoms with Crippen LogP contribution in [0.3, 0.4) is 0 Å². The average molecular weight is 274 g/mol. The Morgan fingerprint density at radius 3 is 1.53 bits per heavy atom. The maximum atomic E-state index is 4.47. The first-order chi connectivity index (χ1) is 8.27. The van der Waals surface area contributed by atoms with Crippen LogP contribution < -0.4 is 0 Å². The first-order valence-electron chi connectivity index (χ1n) is 5.52. The quantitative estimate of drug-likeness (QED) is 0.617. The maximum Gasteiger partial charge on any atom is 0.0479 e. The van der Waals surface area contributed by atoms with Gasteiger partial charge in [-0.2, -0.15) is 0 Å². The maximum absolute atomic E-state index is 4.47. The lowest BCUT2D eigenvalue weighted by Gasteiger charge is -2.05. The minimum Gasteiger partial charge on any atom is -0.143 e. The molecule has 0 spiro atoms. The van der Waals surface area contributed by atoms with E-state index >= 15 is 0 Å². The van der Waals surface area contributed by atoms with Crippen molar-refractivity contribution in [2.24, 2.45) is 0 Å². The van der Waals surface area contributed by atoms with Crippen molar-refractivity contribution in [2.45, 2.75) is 21.9 Å². The molecule has 17 heavy (non-hydrogen) atoms. The highest BCUT2D eigenvalue weighted by Gasteiger charge is 2.01. The summed E-state index contributed by atoms with van der Waals surface area (Å²) < 4.78 is 0. The van der Waals surface area contributed by atoms with Crippen molar-refractivity contribution in [1.29, 1.82) is 0 Å². The summed E-state index contributed by atoms with van der Waals surface area (Å²) in [6, 6.07) is 18.8. The van der Waals surface area contributed by atoms with Crippen LogP contribution >= 0.6 is 25.3 Å². The first kappa shape index (κ1) is 12.8. The summed E-state index contributed by atoms with van der Waals surface area (Å²) in [5.41, 5.74) is 2.68. The van der Waals surface area contributed by atoms with Crippen molar-refractivity contribution in [3.05, 3.63) is 59.7 Å². The SMILES string of the molecule is Sc1ccccc1C[Si]Cc1ccccc1S. The van der Waals surface area contributed by atoms with Gasteiger partial charge in [-0.3, -0.25) is 0 Å². The molecule has 0 unspecified atom stereocenters. The van der Waals surface area contributed by atoms with Gasteiger partial charge in [-0.25, -0.2) is 0 Å². The van der Waals surface area contributed by atoms with Gasteiger partial charge in [0.05, 0.1) is 0 Å². The van der Waals surface area contributed by atoms with E-state index in [-0.39, 0.29) is 0 Å². The third-order valence-corrected chi connectivity index (χ3v) is 4.75. The molecule has 0 saturated heterocycles. The zero-order chi connectivity index (χ0) is 12.1. The summed E-state index contributed by atoms with van der Waals surface area (Å²) >= 11 is 8.94. The van der Waals surface area contributed by atoms with Crippen LogP contribution in [0.2, 0.25) is 0 Å². The zero-order valence-corrected chi connectivity index (χ0v) is 12.2. The van der Waals surface area contributed by atoms with Crippen LogP contribution in [0.1, 0.15) is 11.1 Å². The highest BCUT2D eigenvalue weighted by molar-refractivity contribution is 7.80. The molecule has 0 saturated carbocycles. The Kier molecular flexibility index (Phi) is 4.77. The smallest absolute Gasteiger partial charge is 0.0479 e. The molecule has 0 nitrogen and oxygen atoms in total. The van der Waals surface area contributed by atoms with Gasteiger partial charge in [0, 0.05) is 19.3 Å². The number of hydrogen-bond acceptors (Lipinski definition) is 2. The van der Waals surface area contributed by atoms with Gasteiger partial charge in [-0.1, -0.05) is 36.4 Å². The summed E-state index contributed by atoms with van der Waals surface area (Å²) in [5.74, 6) is 0. The van der Waals surface area contributed by atoms with E-state index in [1.54, 1.807) is 0 Å². The summed E-state index contributed by atoms with van der Waals surface area (Å²) in [7, 11) is 0.882. The Balaban J connectivity index is 1.93. The van der Waals surface area contributed by atoms with E-state index < -0.39 is 0 Å². The lowest BCUT2D eigenvalue weighted by atomic mass is 10.2. The molecule has 0 aromatic heterocycles. The molecule has 0 heterocycles. The van der Waals surface area contributed by atoms with E-state index in [0.717, 1.165) is 31.4 Å². The molecule has 0 N–H and O–H groups in total. The summed E-state index contributed by atoms with van der Waals surface area (Å²) in [6.07, 6.45) is 0. The molecule has 0 amide bonds. The van der Waals surface area contributed by atoms with Crippen LogP contribution in [0.15, 0.2) is 58.3 Å². The molecule has 2 radical (unpaired) electrons. The van der Waals surface area contributed by atoms with Crippen LogP contribution in [0.4, 0.5) is 0 Å². The minimum absolute atomic E-state index is 0.882. The van der Waals surface area contributed by atoms with E-state index in [0.29, 0.717) is 0 Å². The van der Waals surface area contributed by atoms with Crippen molar-refractivity contribution in [3.8, 4) is 0 Å². The van der Waals surface area contributed by atoms with E-state index in [1.165, 1.54) is 11.1 Å². The van der Waals surface area contributed by atoms with Crippen molar-refractivity contribution in [2.75, 3.05) is 0 Å². The minimum atomic E-state index is 0.882. The molecular weight excluding hydrogens is 260 g/mol. The molecule has 0 aliphatic heterocycles. The van der Waals surface area contributed by atoms with Crippen molar-refractivity contribution in [3.63, 3.8) is 0 Å². The fraction of sp³-hybridized carbons (Fsp3) is 0.143. The van der Waals surface area contributed by atoms with E-state index in [4.69, 9.17) is 0 Å². The number of thiol groups is 2. The van der Waals surface area contributed by atoms with Crippen molar-refractivity contribution in [1.82, 2.24) is 0 Å². The Morgan fingerprint density at radius 1 is 0.706 bits per heavy atom. The Hall–Kier alpha value is -0.643. The number of benzene rings is 2.